The van der Waals surface area contributed by atoms with E-state index in [2.05, 4.69) is 21.7 Å². The van der Waals surface area contributed by atoms with Gasteiger partial charge < -0.3 is 4.90 Å². The number of halogens is 1. The maximum atomic E-state index is 12.2. The van der Waals surface area contributed by atoms with Crippen LogP contribution < -0.4 is 0 Å². The van der Waals surface area contributed by atoms with Gasteiger partial charge in [0.05, 0.1) is 0 Å². The van der Waals surface area contributed by atoms with Crippen LogP contribution in [0.1, 0.15) is 26.7 Å². The quantitative estimate of drug-likeness (QED) is 0.764. The molecule has 3 nitrogen and oxygen atoms in total. The number of likely N-dealkylation sites (tertiary alicyclic amines) is 1. The third kappa shape index (κ3) is 4.82. The fourth-order valence-electron chi connectivity index (χ4n) is 2.83. The zero-order valence-corrected chi connectivity index (χ0v) is 12.4. The Morgan fingerprint density at radius 1 is 0.944 bits per heavy atom. The molecule has 0 radical (unpaired) electrons. The Morgan fingerprint density at radius 2 is 1.50 bits per heavy atom. The Morgan fingerprint density at radius 3 is 2.00 bits per heavy atom. The molecule has 2 saturated heterocycles. The molecular weight excluding hydrogens is 229 g/mol. The van der Waals surface area contributed by atoms with Gasteiger partial charge in [-0.2, -0.15) is 0 Å². The monoisotopic (exact) mass is 259 g/mol. The van der Waals surface area contributed by atoms with Crippen molar-refractivity contribution in [2.45, 2.75) is 32.7 Å². The molecule has 0 aromatic carbocycles. The number of alkyl halides is 1. The summed E-state index contributed by atoms with van der Waals surface area (Å²) in [5.41, 5.74) is 0. The van der Waals surface area contributed by atoms with E-state index in [0.29, 0.717) is 6.54 Å². The molecule has 18 heavy (non-hydrogen) atoms. The average Bonchev–Trinajstić information content (AvgIpc) is 2.43. The molecule has 0 aromatic heterocycles. The Bertz CT molecular complexity index is 197. The van der Waals surface area contributed by atoms with E-state index in [9.17, 15) is 4.39 Å². The lowest BCUT2D eigenvalue weighted by Crippen LogP contribution is -2.53. The molecule has 0 atom stereocenters. The van der Waals surface area contributed by atoms with E-state index in [1.165, 1.54) is 25.9 Å². The van der Waals surface area contributed by atoms with Crippen LogP contribution in [-0.2, 0) is 0 Å². The van der Waals surface area contributed by atoms with Crippen LogP contribution in [0.2, 0.25) is 0 Å². The number of piperidine rings is 1. The summed E-state index contributed by atoms with van der Waals surface area (Å²) < 4.78 is 12.2. The van der Waals surface area contributed by atoms with Crippen LogP contribution in [0.3, 0.4) is 0 Å². The fraction of sp³-hybridized carbons (Fsp3) is 1.00. The van der Waals surface area contributed by atoms with Crippen LogP contribution in [0.5, 0.6) is 0 Å². The smallest absolute Gasteiger partial charge is 0.102 e. The average molecular weight is 259 g/mol. The molecule has 2 rings (SSSR count). The van der Waals surface area contributed by atoms with Crippen LogP contribution >= 0.6 is 0 Å². The van der Waals surface area contributed by atoms with Crippen LogP contribution in [0.15, 0.2) is 0 Å². The van der Waals surface area contributed by atoms with Crippen molar-refractivity contribution >= 4 is 0 Å². The van der Waals surface area contributed by atoms with Gasteiger partial charge in [-0.05, 0) is 33.0 Å². The Balaban J connectivity index is 0.000000771. The summed E-state index contributed by atoms with van der Waals surface area (Å²) in [4.78, 5) is 7.27. The van der Waals surface area contributed by atoms with Gasteiger partial charge in [-0.25, -0.2) is 4.39 Å². The van der Waals surface area contributed by atoms with E-state index in [0.717, 1.165) is 32.2 Å². The molecular formula is C14H30FN3. The van der Waals surface area contributed by atoms with Gasteiger partial charge in [0.25, 0.3) is 0 Å². The van der Waals surface area contributed by atoms with Crippen molar-refractivity contribution in [1.82, 2.24) is 14.7 Å². The second kappa shape index (κ2) is 8.83. The minimum atomic E-state index is -0.200. The minimum absolute atomic E-state index is 0.200. The molecule has 0 bridgehead atoms. The lowest BCUT2D eigenvalue weighted by molar-refractivity contribution is 0.0625. The number of piperazine rings is 1. The summed E-state index contributed by atoms with van der Waals surface area (Å²) in [6.07, 6.45) is 2.61. The van der Waals surface area contributed by atoms with Crippen LogP contribution in [0, 0.1) is 0 Å². The van der Waals surface area contributed by atoms with Crippen molar-refractivity contribution in [3.63, 3.8) is 0 Å². The van der Waals surface area contributed by atoms with E-state index in [1.807, 2.05) is 13.8 Å². The molecule has 0 spiro atoms. The minimum Gasteiger partial charge on any atom is -0.306 e. The summed E-state index contributed by atoms with van der Waals surface area (Å²) in [6.45, 7) is 11.3. The van der Waals surface area contributed by atoms with Gasteiger partial charge in [0.15, 0.2) is 0 Å². The number of rotatable bonds is 3. The lowest BCUT2D eigenvalue weighted by atomic mass is 10.0. The number of nitrogens with zero attached hydrogens (tertiary/aromatic N) is 3. The highest BCUT2D eigenvalue weighted by Crippen LogP contribution is 2.17. The van der Waals surface area contributed by atoms with Gasteiger partial charge >= 0.3 is 0 Å². The Hall–Kier alpha value is -0.190. The molecule has 0 amide bonds. The highest BCUT2D eigenvalue weighted by molar-refractivity contribution is 4.82. The molecule has 0 aliphatic carbocycles. The third-order valence-electron chi connectivity index (χ3n) is 4.01. The Labute approximate surface area is 112 Å². The zero-order valence-electron chi connectivity index (χ0n) is 12.4. The third-order valence-corrected chi connectivity index (χ3v) is 4.01. The number of hydrogen-bond donors (Lipinski definition) is 0. The summed E-state index contributed by atoms with van der Waals surface area (Å²) in [5, 5.41) is 0. The van der Waals surface area contributed by atoms with Crippen molar-refractivity contribution in [1.29, 1.82) is 0 Å². The molecule has 108 valence electrons. The van der Waals surface area contributed by atoms with E-state index >= 15 is 0 Å². The molecule has 2 aliphatic rings. The second-order valence-corrected chi connectivity index (χ2v) is 5.10. The number of hydrogen-bond acceptors (Lipinski definition) is 3. The first-order valence-electron chi connectivity index (χ1n) is 7.50. The van der Waals surface area contributed by atoms with Gasteiger partial charge in [0, 0.05) is 38.8 Å². The summed E-state index contributed by atoms with van der Waals surface area (Å²) in [6, 6.07) is 0.781. The van der Waals surface area contributed by atoms with E-state index in [-0.39, 0.29) is 6.67 Å². The highest BCUT2D eigenvalue weighted by atomic mass is 19.1. The van der Waals surface area contributed by atoms with Crippen molar-refractivity contribution in [2.75, 3.05) is 59.5 Å². The molecule has 2 aliphatic heterocycles. The fourth-order valence-corrected chi connectivity index (χ4v) is 2.83. The maximum absolute atomic E-state index is 12.2. The highest BCUT2D eigenvalue weighted by Gasteiger charge is 2.25. The van der Waals surface area contributed by atoms with Crippen molar-refractivity contribution in [2.24, 2.45) is 0 Å². The molecule has 2 heterocycles. The predicted octanol–water partition coefficient (Wildman–Crippen LogP) is 1.69. The van der Waals surface area contributed by atoms with Crippen molar-refractivity contribution < 1.29 is 4.39 Å². The first-order valence-corrected chi connectivity index (χ1v) is 7.50. The molecule has 0 unspecified atom stereocenters. The van der Waals surface area contributed by atoms with Crippen LogP contribution in [-0.4, -0.2) is 80.3 Å². The lowest BCUT2D eigenvalue weighted by Gasteiger charge is -2.42. The first-order chi connectivity index (χ1) is 8.79. The summed E-state index contributed by atoms with van der Waals surface area (Å²) in [7, 11) is 2.20. The van der Waals surface area contributed by atoms with Gasteiger partial charge in [-0.1, -0.05) is 13.8 Å². The standard InChI is InChI=1S/C12H24FN3.C2H6/c1-14-5-2-12(3-6-14)16-10-8-15(7-4-13)9-11-16;1-2/h12H,2-11H2,1H3;1-2H3. The molecule has 0 saturated carbocycles. The topological polar surface area (TPSA) is 9.72 Å². The van der Waals surface area contributed by atoms with Gasteiger partial charge in [-0.3, -0.25) is 9.80 Å². The van der Waals surface area contributed by atoms with Gasteiger partial charge in [-0.15, -0.1) is 0 Å². The largest absolute Gasteiger partial charge is 0.306 e. The normalized spacial score (nSPS) is 24.7. The maximum Gasteiger partial charge on any atom is 0.102 e. The van der Waals surface area contributed by atoms with Crippen molar-refractivity contribution in [3.8, 4) is 0 Å². The van der Waals surface area contributed by atoms with Gasteiger partial charge in [0.2, 0.25) is 0 Å². The first kappa shape index (κ1) is 15.9. The van der Waals surface area contributed by atoms with Crippen LogP contribution in [0.4, 0.5) is 4.39 Å². The molecule has 0 N–H and O–H groups in total. The van der Waals surface area contributed by atoms with Crippen molar-refractivity contribution in [3.05, 3.63) is 0 Å². The van der Waals surface area contributed by atoms with Gasteiger partial charge in [0.1, 0.15) is 6.67 Å². The Kier molecular flexibility index (Phi) is 7.79. The molecule has 2 fully saturated rings. The molecule has 4 heteroatoms. The second-order valence-electron chi connectivity index (χ2n) is 5.10. The SMILES string of the molecule is CC.CN1CCC(N2CCN(CCF)CC2)CC1. The van der Waals surface area contributed by atoms with Crippen LogP contribution in [0.25, 0.3) is 0 Å². The summed E-state index contributed by atoms with van der Waals surface area (Å²) >= 11 is 0. The zero-order chi connectivity index (χ0) is 13.4. The summed E-state index contributed by atoms with van der Waals surface area (Å²) in [5.74, 6) is 0. The predicted molar refractivity (Wildman–Crippen MR) is 75.9 cm³/mol. The van der Waals surface area contributed by atoms with E-state index < -0.39 is 0 Å². The molecule has 0 aromatic rings. The van der Waals surface area contributed by atoms with E-state index in [4.69, 9.17) is 0 Å². The van der Waals surface area contributed by atoms with E-state index in [1.54, 1.807) is 0 Å².